The van der Waals surface area contributed by atoms with Crippen molar-refractivity contribution in [1.82, 2.24) is 10.3 Å². The molecule has 0 fully saturated rings. The number of rotatable bonds is 5. The van der Waals surface area contributed by atoms with Gasteiger partial charge in [0, 0.05) is 6.20 Å². The lowest BCUT2D eigenvalue weighted by atomic mass is 10.1. The van der Waals surface area contributed by atoms with Gasteiger partial charge in [0.15, 0.2) is 0 Å². The third-order valence-electron chi connectivity index (χ3n) is 2.90. The first-order valence-corrected chi connectivity index (χ1v) is 6.22. The highest BCUT2D eigenvalue weighted by molar-refractivity contribution is 5.96. The number of methoxy groups -OCH3 is 1. The van der Waals surface area contributed by atoms with Crippen LogP contribution in [-0.2, 0) is 0 Å². The van der Waals surface area contributed by atoms with Crippen molar-refractivity contribution in [2.45, 2.75) is 6.04 Å². The number of aromatic nitrogens is 1. The molecule has 1 aromatic heterocycles. The van der Waals surface area contributed by atoms with Gasteiger partial charge in [0.05, 0.1) is 19.8 Å². The second-order valence-corrected chi connectivity index (χ2v) is 4.18. The van der Waals surface area contributed by atoms with Gasteiger partial charge in [0.1, 0.15) is 5.56 Å². The molecule has 2 rings (SSSR count). The molecule has 1 amide bonds. The minimum absolute atomic E-state index is 0.182. The van der Waals surface area contributed by atoms with E-state index in [1.54, 1.807) is 18.3 Å². The molecule has 0 aliphatic rings. The Hall–Kier alpha value is -2.40. The Morgan fingerprint density at radius 2 is 2.05 bits per heavy atom. The van der Waals surface area contributed by atoms with E-state index in [0.29, 0.717) is 5.56 Å². The van der Waals surface area contributed by atoms with E-state index in [9.17, 15) is 9.90 Å². The first kappa shape index (κ1) is 14.0. The van der Waals surface area contributed by atoms with Gasteiger partial charge in [-0.1, -0.05) is 30.3 Å². The van der Waals surface area contributed by atoms with Gasteiger partial charge in [-0.25, -0.2) is 4.98 Å². The van der Waals surface area contributed by atoms with Crippen molar-refractivity contribution in [1.29, 1.82) is 0 Å². The molecule has 0 bridgehead atoms. The summed E-state index contributed by atoms with van der Waals surface area (Å²) in [6, 6.07) is 12.1. The molecule has 1 aromatic carbocycles. The van der Waals surface area contributed by atoms with Crippen LogP contribution in [0.5, 0.6) is 5.88 Å². The van der Waals surface area contributed by atoms with E-state index in [1.807, 2.05) is 30.3 Å². The van der Waals surface area contributed by atoms with Gasteiger partial charge in [0.2, 0.25) is 5.88 Å². The van der Waals surface area contributed by atoms with Gasteiger partial charge in [-0.2, -0.15) is 0 Å². The third kappa shape index (κ3) is 3.13. The molecule has 0 aliphatic carbocycles. The number of aliphatic hydroxyl groups excluding tert-OH is 1. The van der Waals surface area contributed by atoms with Gasteiger partial charge in [-0.15, -0.1) is 0 Å². The van der Waals surface area contributed by atoms with E-state index < -0.39 is 6.04 Å². The van der Waals surface area contributed by atoms with Crippen LogP contribution < -0.4 is 10.1 Å². The fourth-order valence-corrected chi connectivity index (χ4v) is 1.88. The van der Waals surface area contributed by atoms with Crippen LogP contribution in [0.2, 0.25) is 0 Å². The summed E-state index contributed by atoms with van der Waals surface area (Å²) in [5, 5.41) is 12.2. The Morgan fingerprint density at radius 3 is 2.70 bits per heavy atom. The van der Waals surface area contributed by atoms with Crippen molar-refractivity contribution in [2.24, 2.45) is 0 Å². The summed E-state index contributed by atoms with van der Waals surface area (Å²) in [5.41, 5.74) is 1.18. The van der Waals surface area contributed by atoms with Crippen LogP contribution in [0, 0.1) is 0 Å². The molecule has 1 heterocycles. The van der Waals surface area contributed by atoms with Gasteiger partial charge in [-0.05, 0) is 17.7 Å². The normalized spacial score (nSPS) is 11.7. The third-order valence-corrected chi connectivity index (χ3v) is 2.90. The van der Waals surface area contributed by atoms with E-state index in [2.05, 4.69) is 10.3 Å². The van der Waals surface area contributed by atoms with Gasteiger partial charge in [-0.3, -0.25) is 4.79 Å². The predicted molar refractivity (Wildman–Crippen MR) is 74.5 cm³/mol. The molecule has 104 valence electrons. The zero-order chi connectivity index (χ0) is 14.4. The van der Waals surface area contributed by atoms with E-state index in [-0.39, 0.29) is 18.4 Å². The Labute approximate surface area is 117 Å². The molecule has 1 atom stereocenters. The number of aliphatic hydroxyl groups is 1. The van der Waals surface area contributed by atoms with E-state index in [1.165, 1.54) is 7.11 Å². The smallest absolute Gasteiger partial charge is 0.257 e. The standard InChI is InChI=1S/C15H16N2O3/c1-20-15-12(8-5-9-16-15)14(19)17-13(10-18)11-6-3-2-4-7-11/h2-9,13,18H,10H2,1H3,(H,17,19)/t13-/m0/s1. The number of benzene rings is 1. The van der Waals surface area contributed by atoms with Crippen LogP contribution in [0.15, 0.2) is 48.7 Å². The number of amides is 1. The molecule has 0 radical (unpaired) electrons. The average molecular weight is 272 g/mol. The van der Waals surface area contributed by atoms with Crippen molar-refractivity contribution in [3.8, 4) is 5.88 Å². The predicted octanol–water partition coefficient (Wildman–Crippen LogP) is 1.55. The van der Waals surface area contributed by atoms with Crippen LogP contribution in [0.4, 0.5) is 0 Å². The minimum Gasteiger partial charge on any atom is -0.480 e. The molecule has 2 N–H and O–H groups in total. The number of hydrogen-bond acceptors (Lipinski definition) is 4. The molecular weight excluding hydrogens is 256 g/mol. The number of nitrogens with zero attached hydrogens (tertiary/aromatic N) is 1. The number of carbonyl (C=O) groups is 1. The number of hydrogen-bond donors (Lipinski definition) is 2. The lowest BCUT2D eigenvalue weighted by molar-refractivity contribution is 0.0912. The maximum absolute atomic E-state index is 12.2. The summed E-state index contributed by atoms with van der Waals surface area (Å²) in [4.78, 5) is 16.2. The largest absolute Gasteiger partial charge is 0.480 e. The zero-order valence-corrected chi connectivity index (χ0v) is 11.1. The van der Waals surface area contributed by atoms with Crippen molar-refractivity contribution < 1.29 is 14.6 Å². The summed E-state index contributed by atoms with van der Waals surface area (Å²) in [6.07, 6.45) is 1.55. The number of carbonyl (C=O) groups excluding carboxylic acids is 1. The van der Waals surface area contributed by atoms with Crippen molar-refractivity contribution in [3.05, 3.63) is 59.8 Å². The SMILES string of the molecule is COc1ncccc1C(=O)N[C@@H](CO)c1ccccc1. The number of nitrogens with one attached hydrogen (secondary N) is 1. The average Bonchev–Trinajstić information content (AvgIpc) is 2.53. The Kier molecular flexibility index (Phi) is 4.68. The second kappa shape index (κ2) is 6.68. The van der Waals surface area contributed by atoms with Crippen LogP contribution in [-0.4, -0.2) is 29.7 Å². The summed E-state index contributed by atoms with van der Waals surface area (Å²) in [7, 11) is 1.46. The van der Waals surface area contributed by atoms with Crippen LogP contribution in [0.1, 0.15) is 22.0 Å². The molecule has 0 aliphatic heterocycles. The topological polar surface area (TPSA) is 71.5 Å². The Bertz CT molecular complexity index is 572. The number of ether oxygens (including phenoxy) is 1. The highest BCUT2D eigenvalue weighted by Crippen LogP contribution is 2.17. The Balaban J connectivity index is 2.18. The van der Waals surface area contributed by atoms with Crippen LogP contribution >= 0.6 is 0 Å². The van der Waals surface area contributed by atoms with Crippen LogP contribution in [0.25, 0.3) is 0 Å². The van der Waals surface area contributed by atoms with E-state index in [0.717, 1.165) is 5.56 Å². The van der Waals surface area contributed by atoms with E-state index >= 15 is 0 Å². The number of pyridine rings is 1. The zero-order valence-electron chi connectivity index (χ0n) is 11.1. The summed E-state index contributed by atoms with van der Waals surface area (Å²) in [6.45, 7) is -0.182. The molecule has 0 unspecified atom stereocenters. The van der Waals surface area contributed by atoms with Gasteiger partial charge >= 0.3 is 0 Å². The van der Waals surface area contributed by atoms with Crippen molar-refractivity contribution in [3.63, 3.8) is 0 Å². The molecule has 5 nitrogen and oxygen atoms in total. The van der Waals surface area contributed by atoms with Gasteiger partial charge in [0.25, 0.3) is 5.91 Å². The van der Waals surface area contributed by atoms with E-state index in [4.69, 9.17) is 4.74 Å². The molecule has 2 aromatic rings. The fourth-order valence-electron chi connectivity index (χ4n) is 1.88. The Morgan fingerprint density at radius 1 is 1.30 bits per heavy atom. The minimum atomic E-state index is -0.464. The molecule has 20 heavy (non-hydrogen) atoms. The first-order valence-electron chi connectivity index (χ1n) is 6.22. The maximum Gasteiger partial charge on any atom is 0.257 e. The highest BCUT2D eigenvalue weighted by Gasteiger charge is 2.18. The molecule has 0 spiro atoms. The summed E-state index contributed by atoms with van der Waals surface area (Å²) in [5.74, 6) is -0.0763. The maximum atomic E-state index is 12.2. The quantitative estimate of drug-likeness (QED) is 0.866. The molecule has 5 heteroatoms. The van der Waals surface area contributed by atoms with Gasteiger partial charge < -0.3 is 15.2 Å². The van der Waals surface area contributed by atoms with Crippen LogP contribution in [0.3, 0.4) is 0 Å². The second-order valence-electron chi connectivity index (χ2n) is 4.18. The molecular formula is C15H16N2O3. The summed E-state index contributed by atoms with van der Waals surface area (Å²) < 4.78 is 5.05. The molecule has 0 saturated carbocycles. The van der Waals surface area contributed by atoms with Crippen molar-refractivity contribution in [2.75, 3.05) is 13.7 Å². The molecule has 0 saturated heterocycles. The lowest BCUT2D eigenvalue weighted by Crippen LogP contribution is -2.31. The monoisotopic (exact) mass is 272 g/mol. The fraction of sp³-hybridized carbons (Fsp3) is 0.200. The highest BCUT2D eigenvalue weighted by atomic mass is 16.5. The van der Waals surface area contributed by atoms with Crippen molar-refractivity contribution >= 4 is 5.91 Å². The lowest BCUT2D eigenvalue weighted by Gasteiger charge is -2.17. The summed E-state index contributed by atoms with van der Waals surface area (Å²) >= 11 is 0. The first-order chi connectivity index (χ1) is 9.76.